The van der Waals surface area contributed by atoms with Crippen molar-refractivity contribution in [3.05, 3.63) is 54.1 Å². The standard InChI is InChI=1S/C20H24N2O4S/c1-4-13-27(25,26)18-8-6-5-7-17(18)20(24)22-16-11-9-15(10-12-16)21-19(23)14(2)3/h5-12,14H,4,13H2,1-3H3,(H,21,23)(H,22,24). The van der Waals surface area contributed by atoms with Crippen molar-refractivity contribution in [1.29, 1.82) is 0 Å². The molecule has 2 amide bonds. The lowest BCUT2D eigenvalue weighted by molar-refractivity contribution is -0.118. The van der Waals surface area contributed by atoms with Crippen LogP contribution in [0.3, 0.4) is 0 Å². The molecule has 0 bridgehead atoms. The van der Waals surface area contributed by atoms with Gasteiger partial charge in [-0.3, -0.25) is 9.59 Å². The topological polar surface area (TPSA) is 92.3 Å². The van der Waals surface area contributed by atoms with Crippen LogP contribution in [0.25, 0.3) is 0 Å². The molecule has 0 unspecified atom stereocenters. The third-order valence-electron chi connectivity index (χ3n) is 3.87. The van der Waals surface area contributed by atoms with Crippen LogP contribution in [0.2, 0.25) is 0 Å². The van der Waals surface area contributed by atoms with Gasteiger partial charge in [-0.1, -0.05) is 32.9 Å². The first kappa shape index (κ1) is 20.6. The molecule has 0 spiro atoms. The molecule has 0 fully saturated rings. The summed E-state index contributed by atoms with van der Waals surface area (Å²) in [5.74, 6) is -0.737. The van der Waals surface area contributed by atoms with Gasteiger partial charge in [0.1, 0.15) is 0 Å². The number of nitrogens with one attached hydrogen (secondary N) is 2. The van der Waals surface area contributed by atoms with E-state index < -0.39 is 15.7 Å². The fraction of sp³-hybridized carbons (Fsp3) is 0.300. The van der Waals surface area contributed by atoms with Crippen molar-refractivity contribution in [1.82, 2.24) is 0 Å². The molecule has 0 heterocycles. The zero-order valence-corrected chi connectivity index (χ0v) is 16.5. The zero-order valence-electron chi connectivity index (χ0n) is 15.7. The number of hydrogen-bond acceptors (Lipinski definition) is 4. The molecule has 0 aromatic heterocycles. The van der Waals surface area contributed by atoms with Crippen molar-refractivity contribution in [2.75, 3.05) is 16.4 Å². The van der Waals surface area contributed by atoms with Gasteiger partial charge >= 0.3 is 0 Å². The van der Waals surface area contributed by atoms with Crippen LogP contribution < -0.4 is 10.6 Å². The van der Waals surface area contributed by atoms with Gasteiger partial charge in [0.15, 0.2) is 9.84 Å². The number of rotatable bonds is 7. The van der Waals surface area contributed by atoms with E-state index >= 15 is 0 Å². The smallest absolute Gasteiger partial charge is 0.256 e. The Balaban J connectivity index is 2.18. The molecule has 144 valence electrons. The van der Waals surface area contributed by atoms with Gasteiger partial charge in [0.2, 0.25) is 5.91 Å². The second-order valence-corrected chi connectivity index (χ2v) is 8.57. The Labute approximate surface area is 159 Å². The van der Waals surface area contributed by atoms with Crippen LogP contribution in [-0.2, 0) is 14.6 Å². The monoisotopic (exact) mass is 388 g/mol. The average molecular weight is 388 g/mol. The van der Waals surface area contributed by atoms with E-state index in [2.05, 4.69) is 10.6 Å². The van der Waals surface area contributed by atoms with Crippen LogP contribution in [0, 0.1) is 5.92 Å². The Hall–Kier alpha value is -2.67. The van der Waals surface area contributed by atoms with Crippen molar-refractivity contribution in [3.63, 3.8) is 0 Å². The largest absolute Gasteiger partial charge is 0.326 e. The van der Waals surface area contributed by atoms with Gasteiger partial charge in [-0.2, -0.15) is 0 Å². The predicted octanol–water partition coefficient (Wildman–Crippen LogP) is 3.72. The highest BCUT2D eigenvalue weighted by atomic mass is 32.2. The highest BCUT2D eigenvalue weighted by Crippen LogP contribution is 2.20. The normalized spacial score (nSPS) is 11.3. The van der Waals surface area contributed by atoms with Gasteiger partial charge < -0.3 is 10.6 Å². The molecule has 7 heteroatoms. The van der Waals surface area contributed by atoms with Crippen LogP contribution in [0.4, 0.5) is 11.4 Å². The summed E-state index contributed by atoms with van der Waals surface area (Å²) >= 11 is 0. The van der Waals surface area contributed by atoms with Gasteiger partial charge in [-0.05, 0) is 42.8 Å². The summed E-state index contributed by atoms with van der Waals surface area (Å²) in [4.78, 5) is 24.3. The van der Waals surface area contributed by atoms with Gasteiger partial charge in [0, 0.05) is 17.3 Å². The highest BCUT2D eigenvalue weighted by Gasteiger charge is 2.21. The lowest BCUT2D eigenvalue weighted by Crippen LogP contribution is -2.18. The molecule has 0 aliphatic rings. The number of sulfone groups is 1. The van der Waals surface area contributed by atoms with E-state index in [9.17, 15) is 18.0 Å². The first-order valence-electron chi connectivity index (χ1n) is 8.78. The average Bonchev–Trinajstić information content (AvgIpc) is 2.63. The molecular weight excluding hydrogens is 364 g/mol. The van der Waals surface area contributed by atoms with Gasteiger partial charge in [0.25, 0.3) is 5.91 Å². The number of hydrogen-bond donors (Lipinski definition) is 2. The minimum absolute atomic E-state index is 0.0124. The highest BCUT2D eigenvalue weighted by molar-refractivity contribution is 7.91. The Bertz CT molecular complexity index is 919. The van der Waals surface area contributed by atoms with E-state index in [0.29, 0.717) is 17.8 Å². The Morgan fingerprint density at radius 2 is 1.48 bits per heavy atom. The Morgan fingerprint density at radius 1 is 0.926 bits per heavy atom. The van der Waals surface area contributed by atoms with E-state index in [4.69, 9.17) is 0 Å². The van der Waals surface area contributed by atoms with Crippen molar-refractivity contribution in [2.45, 2.75) is 32.1 Å². The van der Waals surface area contributed by atoms with Crippen molar-refractivity contribution in [2.24, 2.45) is 5.92 Å². The van der Waals surface area contributed by atoms with Crippen LogP contribution >= 0.6 is 0 Å². The quantitative estimate of drug-likeness (QED) is 0.756. The molecule has 0 aliphatic carbocycles. The van der Waals surface area contributed by atoms with Crippen molar-refractivity contribution in [3.8, 4) is 0 Å². The lowest BCUT2D eigenvalue weighted by atomic mass is 10.2. The van der Waals surface area contributed by atoms with E-state index in [-0.39, 0.29) is 28.0 Å². The molecule has 0 aliphatic heterocycles. The number of carbonyl (C=O) groups is 2. The van der Waals surface area contributed by atoms with Crippen LogP contribution in [0.15, 0.2) is 53.4 Å². The van der Waals surface area contributed by atoms with Crippen LogP contribution in [-0.4, -0.2) is 26.0 Å². The minimum Gasteiger partial charge on any atom is -0.326 e. The molecular formula is C20H24N2O4S. The molecule has 6 nitrogen and oxygen atoms in total. The van der Waals surface area contributed by atoms with Gasteiger partial charge in [-0.15, -0.1) is 0 Å². The second kappa shape index (κ2) is 8.81. The van der Waals surface area contributed by atoms with Crippen molar-refractivity contribution < 1.29 is 18.0 Å². The third kappa shape index (κ3) is 5.40. The third-order valence-corrected chi connectivity index (χ3v) is 5.85. The Kier molecular flexibility index (Phi) is 6.74. The SMILES string of the molecule is CCCS(=O)(=O)c1ccccc1C(=O)Nc1ccc(NC(=O)C(C)C)cc1. The summed E-state index contributed by atoms with van der Waals surface area (Å²) in [6.07, 6.45) is 0.474. The van der Waals surface area contributed by atoms with Crippen LogP contribution in [0.1, 0.15) is 37.6 Å². The molecule has 2 N–H and O–H groups in total. The predicted molar refractivity (Wildman–Crippen MR) is 107 cm³/mol. The number of benzene rings is 2. The minimum atomic E-state index is -3.52. The van der Waals surface area contributed by atoms with Gasteiger partial charge in [-0.25, -0.2) is 8.42 Å². The summed E-state index contributed by atoms with van der Waals surface area (Å²) in [5, 5.41) is 5.47. The fourth-order valence-corrected chi connectivity index (χ4v) is 3.97. The molecule has 27 heavy (non-hydrogen) atoms. The molecule has 0 atom stereocenters. The van der Waals surface area contributed by atoms with Crippen molar-refractivity contribution >= 4 is 33.0 Å². The molecule has 2 rings (SSSR count). The summed E-state index contributed by atoms with van der Waals surface area (Å²) in [7, 11) is -3.52. The van der Waals surface area contributed by atoms with E-state index in [1.54, 1.807) is 57.2 Å². The summed E-state index contributed by atoms with van der Waals surface area (Å²) in [5.41, 5.74) is 1.24. The molecule has 0 radical (unpaired) electrons. The number of amides is 2. The maximum atomic E-state index is 12.6. The summed E-state index contributed by atoms with van der Waals surface area (Å²) in [6, 6.07) is 12.8. The summed E-state index contributed by atoms with van der Waals surface area (Å²) in [6.45, 7) is 5.38. The second-order valence-electron chi connectivity index (χ2n) is 6.49. The first-order chi connectivity index (χ1) is 12.7. The Morgan fingerprint density at radius 3 is 2.04 bits per heavy atom. The maximum Gasteiger partial charge on any atom is 0.256 e. The molecule has 2 aromatic rings. The molecule has 0 saturated carbocycles. The van der Waals surface area contributed by atoms with Crippen LogP contribution in [0.5, 0.6) is 0 Å². The maximum absolute atomic E-state index is 12.6. The van der Waals surface area contributed by atoms with Gasteiger partial charge in [0.05, 0.1) is 16.2 Å². The summed E-state index contributed by atoms with van der Waals surface area (Å²) < 4.78 is 24.8. The fourth-order valence-electron chi connectivity index (χ4n) is 2.43. The molecule has 2 aromatic carbocycles. The van der Waals surface area contributed by atoms with E-state index in [1.165, 1.54) is 12.1 Å². The van der Waals surface area contributed by atoms with E-state index in [0.717, 1.165) is 0 Å². The first-order valence-corrected chi connectivity index (χ1v) is 10.4. The number of carbonyl (C=O) groups excluding carboxylic acids is 2. The van der Waals surface area contributed by atoms with E-state index in [1.807, 2.05) is 0 Å². The zero-order chi connectivity index (χ0) is 20.0. The lowest BCUT2D eigenvalue weighted by Gasteiger charge is -2.11. The number of anilines is 2. The molecule has 0 saturated heterocycles.